The monoisotopic (exact) mass is 447 g/mol. The summed E-state index contributed by atoms with van der Waals surface area (Å²) in [4.78, 5) is 16.4. The Morgan fingerprint density at radius 3 is 2.21 bits per heavy atom. The minimum Gasteiger partial charge on any atom is -0.482 e. The van der Waals surface area contributed by atoms with Crippen molar-refractivity contribution in [1.82, 2.24) is 10.2 Å². The van der Waals surface area contributed by atoms with Crippen LogP contribution in [0, 0.1) is 0 Å². The van der Waals surface area contributed by atoms with Crippen LogP contribution < -0.4 is 15.0 Å². The molecule has 2 aliphatic rings. The number of halogens is 2. The highest BCUT2D eigenvalue weighted by atomic mass is 35.5. The second kappa shape index (κ2) is 13.2. The molecule has 3 rings (SSSR count). The van der Waals surface area contributed by atoms with Gasteiger partial charge < -0.3 is 19.7 Å². The topological polar surface area (TPSA) is 54.0 Å². The van der Waals surface area contributed by atoms with Crippen LogP contribution in [0.15, 0.2) is 24.3 Å². The minimum atomic E-state index is -0.365. The van der Waals surface area contributed by atoms with Crippen LogP contribution in [0.3, 0.4) is 0 Å². The molecule has 0 amide bonds. The SMILES string of the molecule is CCN(C1CCNCC1)C1CCN(c2ccc(OCC(=O)OC)cc2)CC1.Cl.Cl. The smallest absolute Gasteiger partial charge is 0.343 e. The Kier molecular flexibility index (Phi) is 11.7. The van der Waals surface area contributed by atoms with Crippen LogP contribution >= 0.6 is 24.8 Å². The number of benzene rings is 1. The number of anilines is 1. The molecule has 1 N–H and O–H groups in total. The number of piperidine rings is 2. The molecule has 0 aliphatic carbocycles. The number of rotatable bonds is 7. The summed E-state index contributed by atoms with van der Waals surface area (Å²) in [5, 5.41) is 3.48. The van der Waals surface area contributed by atoms with Gasteiger partial charge in [0.2, 0.25) is 0 Å². The largest absolute Gasteiger partial charge is 0.482 e. The molecular weight excluding hydrogens is 413 g/mol. The second-order valence-electron chi connectivity index (χ2n) is 7.39. The molecule has 1 aromatic carbocycles. The molecule has 1 aromatic rings. The van der Waals surface area contributed by atoms with E-state index in [0.29, 0.717) is 11.8 Å². The Morgan fingerprint density at radius 1 is 1.07 bits per heavy atom. The molecule has 2 heterocycles. The zero-order valence-electron chi connectivity index (χ0n) is 17.5. The fourth-order valence-electron chi connectivity index (χ4n) is 4.36. The van der Waals surface area contributed by atoms with Crippen LogP contribution in [0.2, 0.25) is 0 Å². The van der Waals surface area contributed by atoms with Crippen molar-refractivity contribution in [2.75, 3.05) is 51.3 Å². The molecule has 6 nitrogen and oxygen atoms in total. The van der Waals surface area contributed by atoms with Gasteiger partial charge in [-0.1, -0.05) is 6.92 Å². The van der Waals surface area contributed by atoms with Gasteiger partial charge in [0.1, 0.15) is 5.75 Å². The Hall–Kier alpha value is -1.21. The predicted octanol–water partition coefficient (Wildman–Crippen LogP) is 3.12. The summed E-state index contributed by atoms with van der Waals surface area (Å²) in [6.45, 7) is 7.91. The lowest BCUT2D eigenvalue weighted by atomic mass is 9.97. The average molecular weight is 448 g/mol. The van der Waals surface area contributed by atoms with Gasteiger partial charge in [0, 0.05) is 30.9 Å². The van der Waals surface area contributed by atoms with Gasteiger partial charge in [-0.3, -0.25) is 4.90 Å². The van der Waals surface area contributed by atoms with Crippen LogP contribution in [0.1, 0.15) is 32.6 Å². The highest BCUT2D eigenvalue weighted by Crippen LogP contribution is 2.27. The lowest BCUT2D eigenvalue weighted by Gasteiger charge is -2.44. The number of ether oxygens (including phenoxy) is 2. The van der Waals surface area contributed by atoms with Gasteiger partial charge >= 0.3 is 5.97 Å². The van der Waals surface area contributed by atoms with Crippen LogP contribution in [-0.2, 0) is 9.53 Å². The Balaban J connectivity index is 0.00000210. The number of hydrogen-bond donors (Lipinski definition) is 1. The molecule has 29 heavy (non-hydrogen) atoms. The summed E-state index contributed by atoms with van der Waals surface area (Å²) < 4.78 is 10.0. The van der Waals surface area contributed by atoms with Crippen molar-refractivity contribution in [3.63, 3.8) is 0 Å². The van der Waals surface area contributed by atoms with E-state index in [2.05, 4.69) is 38.9 Å². The van der Waals surface area contributed by atoms with E-state index in [1.54, 1.807) is 0 Å². The van der Waals surface area contributed by atoms with E-state index in [0.717, 1.165) is 38.8 Å². The Bertz CT molecular complexity index is 589. The molecule has 0 unspecified atom stereocenters. The normalized spacial score (nSPS) is 18.0. The van der Waals surface area contributed by atoms with Crippen LogP contribution in [0.4, 0.5) is 5.69 Å². The first-order chi connectivity index (χ1) is 13.2. The number of carbonyl (C=O) groups excluding carboxylic acids is 1. The van der Waals surface area contributed by atoms with E-state index >= 15 is 0 Å². The maximum Gasteiger partial charge on any atom is 0.343 e. The van der Waals surface area contributed by atoms with Gasteiger partial charge in [-0.2, -0.15) is 0 Å². The number of nitrogens with one attached hydrogen (secondary N) is 1. The van der Waals surface area contributed by atoms with Crippen molar-refractivity contribution in [2.45, 2.75) is 44.7 Å². The first-order valence-electron chi connectivity index (χ1n) is 10.2. The predicted molar refractivity (Wildman–Crippen MR) is 122 cm³/mol. The van der Waals surface area contributed by atoms with Crippen molar-refractivity contribution in [3.8, 4) is 5.75 Å². The number of hydrogen-bond acceptors (Lipinski definition) is 6. The van der Waals surface area contributed by atoms with Gasteiger partial charge in [0.15, 0.2) is 6.61 Å². The summed E-state index contributed by atoms with van der Waals surface area (Å²) in [5.41, 5.74) is 1.23. The molecule has 0 bridgehead atoms. The third-order valence-electron chi connectivity index (χ3n) is 5.86. The number of carbonyl (C=O) groups is 1. The maximum atomic E-state index is 11.2. The van der Waals surface area contributed by atoms with E-state index in [1.807, 2.05) is 12.1 Å². The average Bonchev–Trinajstić information content (AvgIpc) is 2.74. The summed E-state index contributed by atoms with van der Waals surface area (Å²) in [7, 11) is 1.36. The van der Waals surface area contributed by atoms with E-state index < -0.39 is 0 Å². The van der Waals surface area contributed by atoms with Crippen molar-refractivity contribution >= 4 is 36.5 Å². The Morgan fingerprint density at radius 2 is 1.66 bits per heavy atom. The first kappa shape index (κ1) is 25.8. The van der Waals surface area contributed by atoms with Gasteiger partial charge in [-0.15, -0.1) is 24.8 Å². The van der Waals surface area contributed by atoms with Gasteiger partial charge in [-0.05, 0) is 69.6 Å². The third-order valence-corrected chi connectivity index (χ3v) is 5.86. The van der Waals surface area contributed by atoms with Crippen molar-refractivity contribution in [3.05, 3.63) is 24.3 Å². The quantitative estimate of drug-likeness (QED) is 0.647. The standard InChI is InChI=1S/C21H33N3O3.2ClH/c1-3-24(18-8-12-22-13-9-18)19-10-14-23(15-11-19)17-4-6-20(7-5-17)27-16-21(25)26-2;;/h4-7,18-19,22H,3,8-16H2,1-2H3;2*1H. The summed E-state index contributed by atoms with van der Waals surface area (Å²) in [6.07, 6.45) is 5.00. The van der Waals surface area contributed by atoms with Crippen LogP contribution in [0.5, 0.6) is 5.75 Å². The zero-order valence-corrected chi connectivity index (χ0v) is 19.1. The number of methoxy groups -OCH3 is 1. The van der Waals surface area contributed by atoms with Gasteiger partial charge in [0.05, 0.1) is 7.11 Å². The zero-order chi connectivity index (χ0) is 19.1. The number of nitrogens with zero attached hydrogens (tertiary/aromatic N) is 2. The maximum absolute atomic E-state index is 11.2. The second-order valence-corrected chi connectivity index (χ2v) is 7.39. The highest BCUT2D eigenvalue weighted by Gasteiger charge is 2.29. The fraction of sp³-hybridized carbons (Fsp3) is 0.667. The molecule has 0 saturated carbocycles. The molecule has 0 spiro atoms. The molecule has 0 atom stereocenters. The summed E-state index contributed by atoms with van der Waals surface area (Å²) in [6, 6.07) is 9.47. The van der Waals surface area contributed by atoms with E-state index in [-0.39, 0.29) is 37.4 Å². The van der Waals surface area contributed by atoms with Gasteiger partial charge in [0.25, 0.3) is 0 Å². The summed E-state index contributed by atoms with van der Waals surface area (Å²) >= 11 is 0. The van der Waals surface area contributed by atoms with Gasteiger partial charge in [-0.25, -0.2) is 4.79 Å². The molecule has 0 radical (unpaired) electrons. The van der Waals surface area contributed by atoms with Crippen LogP contribution in [0.25, 0.3) is 0 Å². The van der Waals surface area contributed by atoms with Crippen molar-refractivity contribution in [1.29, 1.82) is 0 Å². The molecule has 2 fully saturated rings. The highest BCUT2D eigenvalue weighted by molar-refractivity contribution is 5.85. The first-order valence-corrected chi connectivity index (χ1v) is 10.2. The fourth-order valence-corrected chi connectivity index (χ4v) is 4.36. The Labute approximate surface area is 187 Å². The van der Waals surface area contributed by atoms with E-state index in [1.165, 1.54) is 38.5 Å². The molecule has 2 saturated heterocycles. The lowest BCUT2D eigenvalue weighted by Crippen LogP contribution is -2.51. The third kappa shape index (κ3) is 7.21. The molecular formula is C21H35Cl2N3O3. The summed E-state index contributed by atoms with van der Waals surface area (Å²) in [5.74, 6) is 0.331. The van der Waals surface area contributed by atoms with Crippen LogP contribution in [-0.4, -0.2) is 69.4 Å². The van der Waals surface area contributed by atoms with E-state index in [4.69, 9.17) is 4.74 Å². The minimum absolute atomic E-state index is 0. The lowest BCUT2D eigenvalue weighted by molar-refractivity contribution is -0.142. The van der Waals surface area contributed by atoms with Crippen molar-refractivity contribution in [2.24, 2.45) is 0 Å². The molecule has 0 aromatic heterocycles. The molecule has 166 valence electrons. The molecule has 8 heteroatoms. The molecule has 2 aliphatic heterocycles. The number of esters is 1. The van der Waals surface area contributed by atoms with E-state index in [9.17, 15) is 4.79 Å². The van der Waals surface area contributed by atoms with Crippen molar-refractivity contribution < 1.29 is 14.3 Å².